The standard InChI is InChI=1S/C18H34O2/c1-13(7-5-11-17(2,3)20)14-9-10-15-16(19)8-6-12-18(14,15)4/h13-16,19-20H,5-12H2,1-4H3/t13?,14?,15-,16?,18?/m1/s1. The van der Waals surface area contributed by atoms with Gasteiger partial charge in [0.25, 0.3) is 0 Å². The Balaban J connectivity index is 1.92. The fraction of sp³-hybridized carbons (Fsp3) is 1.00. The minimum absolute atomic E-state index is 0.0534. The van der Waals surface area contributed by atoms with Crippen LogP contribution in [-0.2, 0) is 0 Å². The normalized spacial score (nSPS) is 39.6. The monoisotopic (exact) mass is 282 g/mol. The number of fused-ring (bicyclic) bond motifs is 1. The first-order valence-electron chi connectivity index (χ1n) is 8.64. The van der Waals surface area contributed by atoms with Crippen LogP contribution in [-0.4, -0.2) is 21.9 Å². The Morgan fingerprint density at radius 3 is 2.60 bits per heavy atom. The maximum absolute atomic E-state index is 10.3. The molecule has 0 bridgehead atoms. The molecule has 0 saturated heterocycles. The summed E-state index contributed by atoms with van der Waals surface area (Å²) in [5.74, 6) is 2.03. The molecule has 0 amide bonds. The maximum Gasteiger partial charge on any atom is 0.0591 e. The van der Waals surface area contributed by atoms with E-state index in [-0.39, 0.29) is 6.10 Å². The molecule has 0 aliphatic heterocycles. The van der Waals surface area contributed by atoms with Crippen molar-refractivity contribution in [3.8, 4) is 0 Å². The molecule has 118 valence electrons. The van der Waals surface area contributed by atoms with Crippen LogP contribution in [0.25, 0.3) is 0 Å². The zero-order valence-corrected chi connectivity index (χ0v) is 13.9. The molecular weight excluding hydrogens is 248 g/mol. The van der Waals surface area contributed by atoms with E-state index in [4.69, 9.17) is 0 Å². The third kappa shape index (κ3) is 3.39. The van der Waals surface area contributed by atoms with Crippen LogP contribution >= 0.6 is 0 Å². The predicted molar refractivity (Wildman–Crippen MR) is 83.5 cm³/mol. The first-order chi connectivity index (χ1) is 9.24. The van der Waals surface area contributed by atoms with Crippen LogP contribution in [0.2, 0.25) is 0 Å². The van der Waals surface area contributed by atoms with Gasteiger partial charge >= 0.3 is 0 Å². The van der Waals surface area contributed by atoms with Crippen molar-refractivity contribution in [1.29, 1.82) is 0 Å². The summed E-state index contributed by atoms with van der Waals surface area (Å²) >= 11 is 0. The third-order valence-corrected chi connectivity index (χ3v) is 6.30. The fourth-order valence-corrected chi connectivity index (χ4v) is 5.18. The van der Waals surface area contributed by atoms with E-state index < -0.39 is 5.60 Å². The number of hydrogen-bond acceptors (Lipinski definition) is 2. The molecule has 0 radical (unpaired) electrons. The van der Waals surface area contributed by atoms with Crippen LogP contribution in [0, 0.1) is 23.2 Å². The summed E-state index contributed by atoms with van der Waals surface area (Å²) in [6.45, 7) is 8.64. The highest BCUT2D eigenvalue weighted by Gasteiger charge is 2.51. The van der Waals surface area contributed by atoms with Gasteiger partial charge in [0.2, 0.25) is 0 Å². The Kier molecular flexibility index (Phi) is 4.86. The van der Waals surface area contributed by atoms with Crippen LogP contribution in [0.1, 0.15) is 79.1 Å². The topological polar surface area (TPSA) is 40.5 Å². The molecule has 0 heterocycles. The van der Waals surface area contributed by atoms with E-state index in [9.17, 15) is 10.2 Å². The SMILES string of the molecule is CC(CCCC(C)(C)O)C1CC[C@@H]2C(O)CCCC12C. The average Bonchev–Trinajstić information content (AvgIpc) is 2.66. The lowest BCUT2D eigenvalue weighted by atomic mass is 9.61. The lowest BCUT2D eigenvalue weighted by Gasteiger charge is -2.45. The van der Waals surface area contributed by atoms with Gasteiger partial charge in [0, 0.05) is 0 Å². The Labute approximate surface area is 125 Å². The predicted octanol–water partition coefficient (Wildman–Crippen LogP) is 4.14. The van der Waals surface area contributed by atoms with E-state index in [1.54, 1.807) is 0 Å². The van der Waals surface area contributed by atoms with E-state index in [0.29, 0.717) is 11.3 Å². The lowest BCUT2D eigenvalue weighted by Crippen LogP contribution is -2.41. The van der Waals surface area contributed by atoms with E-state index >= 15 is 0 Å². The molecule has 0 aromatic heterocycles. The first-order valence-corrected chi connectivity index (χ1v) is 8.64. The average molecular weight is 282 g/mol. The minimum Gasteiger partial charge on any atom is -0.393 e. The quantitative estimate of drug-likeness (QED) is 0.795. The zero-order chi connectivity index (χ0) is 15.0. The molecule has 2 fully saturated rings. The van der Waals surface area contributed by atoms with Crippen molar-refractivity contribution >= 4 is 0 Å². The molecule has 2 nitrogen and oxygen atoms in total. The van der Waals surface area contributed by atoms with Crippen molar-refractivity contribution in [2.45, 2.75) is 90.8 Å². The lowest BCUT2D eigenvalue weighted by molar-refractivity contribution is -0.0283. The van der Waals surface area contributed by atoms with Gasteiger partial charge in [0.1, 0.15) is 0 Å². The molecule has 0 spiro atoms. The van der Waals surface area contributed by atoms with Crippen molar-refractivity contribution in [2.24, 2.45) is 23.2 Å². The van der Waals surface area contributed by atoms with Crippen LogP contribution < -0.4 is 0 Å². The number of aliphatic hydroxyl groups is 2. The number of rotatable bonds is 5. The van der Waals surface area contributed by atoms with Crippen molar-refractivity contribution in [3.63, 3.8) is 0 Å². The fourth-order valence-electron chi connectivity index (χ4n) is 5.18. The van der Waals surface area contributed by atoms with Crippen LogP contribution in [0.5, 0.6) is 0 Å². The Bertz CT molecular complexity index is 320. The molecule has 2 aliphatic rings. The second kappa shape index (κ2) is 5.96. The Hall–Kier alpha value is -0.0800. The highest BCUT2D eigenvalue weighted by molar-refractivity contribution is 5.01. The van der Waals surface area contributed by atoms with E-state index in [2.05, 4.69) is 13.8 Å². The minimum atomic E-state index is -0.525. The molecule has 2 saturated carbocycles. The van der Waals surface area contributed by atoms with Crippen LogP contribution in [0.15, 0.2) is 0 Å². The van der Waals surface area contributed by atoms with E-state index in [0.717, 1.165) is 31.1 Å². The first kappa shape index (κ1) is 16.3. The Morgan fingerprint density at radius 2 is 1.95 bits per heavy atom. The molecule has 0 aromatic rings. The Morgan fingerprint density at radius 1 is 1.25 bits per heavy atom. The number of aliphatic hydroxyl groups excluding tert-OH is 1. The highest BCUT2D eigenvalue weighted by Crippen LogP contribution is 2.58. The summed E-state index contributed by atoms with van der Waals surface area (Å²) < 4.78 is 0. The van der Waals surface area contributed by atoms with Crippen molar-refractivity contribution in [1.82, 2.24) is 0 Å². The van der Waals surface area contributed by atoms with Gasteiger partial charge in [-0.1, -0.05) is 33.1 Å². The molecule has 2 rings (SSSR count). The second-order valence-electron chi connectivity index (χ2n) is 8.44. The molecule has 4 unspecified atom stereocenters. The molecule has 2 aliphatic carbocycles. The van der Waals surface area contributed by atoms with Crippen molar-refractivity contribution in [2.75, 3.05) is 0 Å². The molecular formula is C18H34O2. The molecule has 20 heavy (non-hydrogen) atoms. The van der Waals surface area contributed by atoms with E-state index in [1.807, 2.05) is 13.8 Å². The van der Waals surface area contributed by atoms with Gasteiger partial charge in [-0.3, -0.25) is 0 Å². The summed E-state index contributed by atoms with van der Waals surface area (Å²) in [6.07, 6.45) is 9.20. The van der Waals surface area contributed by atoms with Gasteiger partial charge in [-0.25, -0.2) is 0 Å². The van der Waals surface area contributed by atoms with E-state index in [1.165, 1.54) is 32.1 Å². The largest absolute Gasteiger partial charge is 0.393 e. The smallest absolute Gasteiger partial charge is 0.0591 e. The highest BCUT2D eigenvalue weighted by atomic mass is 16.3. The van der Waals surface area contributed by atoms with Gasteiger partial charge in [-0.15, -0.1) is 0 Å². The van der Waals surface area contributed by atoms with Crippen LogP contribution in [0.4, 0.5) is 0 Å². The second-order valence-corrected chi connectivity index (χ2v) is 8.44. The van der Waals surface area contributed by atoms with Gasteiger partial charge in [-0.05, 0) is 69.1 Å². The number of hydrogen-bond donors (Lipinski definition) is 2. The summed E-state index contributed by atoms with van der Waals surface area (Å²) in [5, 5.41) is 20.1. The molecule has 0 aromatic carbocycles. The molecule has 2 heteroatoms. The van der Waals surface area contributed by atoms with Gasteiger partial charge in [0.15, 0.2) is 0 Å². The summed E-state index contributed by atoms with van der Waals surface area (Å²) in [4.78, 5) is 0. The van der Waals surface area contributed by atoms with Gasteiger partial charge in [-0.2, -0.15) is 0 Å². The van der Waals surface area contributed by atoms with Crippen LogP contribution in [0.3, 0.4) is 0 Å². The summed E-state index contributed by atoms with van der Waals surface area (Å²) in [6, 6.07) is 0. The van der Waals surface area contributed by atoms with Gasteiger partial charge < -0.3 is 10.2 Å². The molecule has 2 N–H and O–H groups in total. The van der Waals surface area contributed by atoms with Crippen molar-refractivity contribution in [3.05, 3.63) is 0 Å². The summed E-state index contributed by atoms with van der Waals surface area (Å²) in [5.41, 5.74) is -0.158. The van der Waals surface area contributed by atoms with Crippen molar-refractivity contribution < 1.29 is 10.2 Å². The summed E-state index contributed by atoms with van der Waals surface area (Å²) in [7, 11) is 0. The van der Waals surface area contributed by atoms with Gasteiger partial charge in [0.05, 0.1) is 11.7 Å². The zero-order valence-electron chi connectivity index (χ0n) is 13.9. The molecule has 5 atom stereocenters. The maximum atomic E-state index is 10.3. The third-order valence-electron chi connectivity index (χ3n) is 6.30.